The molecule has 0 aliphatic rings. The first-order valence-electron chi connectivity index (χ1n) is 8.15. The lowest BCUT2D eigenvalue weighted by atomic mass is 10.1. The first kappa shape index (κ1) is 20.3. The van der Waals surface area contributed by atoms with Crippen molar-refractivity contribution in [3.05, 3.63) is 0 Å². The number of ether oxygens (including phenoxy) is 2. The normalized spacial score (nSPS) is 13.9. The van der Waals surface area contributed by atoms with Crippen molar-refractivity contribution in [2.75, 3.05) is 19.8 Å². The van der Waals surface area contributed by atoms with Gasteiger partial charge in [0.1, 0.15) is 12.7 Å². The highest BCUT2D eigenvalue weighted by molar-refractivity contribution is 5.69. The van der Waals surface area contributed by atoms with Crippen LogP contribution in [0.3, 0.4) is 0 Å². The Morgan fingerprint density at radius 3 is 2.19 bits per heavy atom. The van der Waals surface area contributed by atoms with E-state index in [1.807, 2.05) is 0 Å². The number of aliphatic hydroxyl groups excluding tert-OH is 2. The van der Waals surface area contributed by atoms with Crippen LogP contribution < -0.4 is 0 Å². The Balaban J connectivity index is 3.36. The lowest BCUT2D eigenvalue weighted by Crippen LogP contribution is -2.25. The molecule has 0 rings (SSSR count). The third kappa shape index (κ3) is 15.6. The van der Waals surface area contributed by atoms with Crippen LogP contribution in [0, 0.1) is 0 Å². The van der Waals surface area contributed by atoms with E-state index in [9.17, 15) is 9.90 Å². The molecule has 0 radical (unpaired) electrons. The first-order valence-corrected chi connectivity index (χ1v) is 8.15. The van der Waals surface area contributed by atoms with E-state index in [0.29, 0.717) is 6.42 Å². The van der Waals surface area contributed by atoms with E-state index in [1.165, 1.54) is 32.1 Å². The molecule has 0 aliphatic carbocycles. The van der Waals surface area contributed by atoms with Gasteiger partial charge in [-0.1, -0.05) is 45.4 Å². The Hall–Kier alpha value is -0.650. The molecule has 0 aromatic rings. The summed E-state index contributed by atoms with van der Waals surface area (Å²) in [5.41, 5.74) is 0. The molecule has 0 fully saturated rings. The Morgan fingerprint density at radius 2 is 1.57 bits per heavy atom. The van der Waals surface area contributed by atoms with E-state index in [1.54, 1.807) is 6.92 Å². The highest BCUT2D eigenvalue weighted by Crippen LogP contribution is 2.08. The number of aliphatic hydroxyl groups is 2. The lowest BCUT2D eigenvalue weighted by Gasteiger charge is -2.12. The molecule has 0 amide bonds. The standard InChI is InChI=1S/C16H32O5/c1-3-4-5-6-7-8-9-10-16(19)21-13-15(18)12-20-11-14(2)17/h14-15,17-18H,3-13H2,1-2H3. The Morgan fingerprint density at radius 1 is 0.952 bits per heavy atom. The van der Waals surface area contributed by atoms with E-state index < -0.39 is 12.2 Å². The van der Waals surface area contributed by atoms with Crippen LogP contribution >= 0.6 is 0 Å². The van der Waals surface area contributed by atoms with E-state index in [-0.39, 0.29) is 25.8 Å². The number of esters is 1. The largest absolute Gasteiger partial charge is 0.463 e. The summed E-state index contributed by atoms with van der Waals surface area (Å²) in [6, 6.07) is 0. The second-order valence-corrected chi connectivity index (χ2v) is 5.59. The van der Waals surface area contributed by atoms with Gasteiger partial charge in [-0.25, -0.2) is 0 Å². The van der Waals surface area contributed by atoms with Crippen LogP contribution in [0.25, 0.3) is 0 Å². The number of carbonyl (C=O) groups is 1. The van der Waals surface area contributed by atoms with E-state index in [0.717, 1.165) is 12.8 Å². The predicted molar refractivity (Wildman–Crippen MR) is 82.1 cm³/mol. The van der Waals surface area contributed by atoms with Crippen LogP contribution in [-0.4, -0.2) is 48.2 Å². The van der Waals surface area contributed by atoms with Gasteiger partial charge in [-0.05, 0) is 13.3 Å². The maximum absolute atomic E-state index is 11.5. The number of unbranched alkanes of at least 4 members (excludes halogenated alkanes) is 6. The Kier molecular flexibility index (Phi) is 13.9. The molecule has 2 atom stereocenters. The Bertz CT molecular complexity index is 243. The molecule has 0 spiro atoms. The molecule has 21 heavy (non-hydrogen) atoms. The van der Waals surface area contributed by atoms with Gasteiger partial charge in [0.25, 0.3) is 0 Å². The highest BCUT2D eigenvalue weighted by Gasteiger charge is 2.09. The summed E-state index contributed by atoms with van der Waals surface area (Å²) in [6.45, 7) is 3.99. The molecule has 5 nitrogen and oxygen atoms in total. The minimum atomic E-state index is -0.832. The first-order chi connectivity index (χ1) is 10.1. The molecule has 126 valence electrons. The fourth-order valence-electron chi connectivity index (χ4n) is 1.91. The summed E-state index contributed by atoms with van der Waals surface area (Å²) in [5.74, 6) is -0.266. The van der Waals surface area contributed by atoms with Crippen molar-refractivity contribution in [2.24, 2.45) is 0 Å². The monoisotopic (exact) mass is 304 g/mol. The summed E-state index contributed by atoms with van der Waals surface area (Å²) in [7, 11) is 0. The fourth-order valence-corrected chi connectivity index (χ4v) is 1.91. The van der Waals surface area contributed by atoms with Gasteiger partial charge in [0.15, 0.2) is 0 Å². The maximum Gasteiger partial charge on any atom is 0.305 e. The molecule has 2 unspecified atom stereocenters. The SMILES string of the molecule is CCCCCCCCCC(=O)OCC(O)COCC(C)O. The van der Waals surface area contributed by atoms with Gasteiger partial charge in [-0.3, -0.25) is 4.79 Å². The topological polar surface area (TPSA) is 76.0 Å². The summed E-state index contributed by atoms with van der Waals surface area (Å²) in [6.07, 6.45) is 7.14. The molecule has 2 N–H and O–H groups in total. The van der Waals surface area contributed by atoms with Crippen LogP contribution in [0.5, 0.6) is 0 Å². The fraction of sp³-hybridized carbons (Fsp3) is 0.938. The second kappa shape index (κ2) is 14.3. The van der Waals surface area contributed by atoms with Crippen molar-refractivity contribution < 1.29 is 24.5 Å². The van der Waals surface area contributed by atoms with Crippen LogP contribution in [-0.2, 0) is 14.3 Å². The predicted octanol–water partition coefficient (Wildman–Crippen LogP) is 2.43. The zero-order chi connectivity index (χ0) is 15.9. The highest BCUT2D eigenvalue weighted by atomic mass is 16.5. The summed E-state index contributed by atoms with van der Waals surface area (Å²) in [4.78, 5) is 11.5. The zero-order valence-electron chi connectivity index (χ0n) is 13.6. The van der Waals surface area contributed by atoms with E-state index in [4.69, 9.17) is 14.6 Å². The third-order valence-electron chi connectivity index (χ3n) is 3.09. The quantitative estimate of drug-likeness (QED) is 0.381. The number of hydrogen-bond acceptors (Lipinski definition) is 5. The van der Waals surface area contributed by atoms with Crippen LogP contribution in [0.2, 0.25) is 0 Å². The van der Waals surface area contributed by atoms with Gasteiger partial charge in [0, 0.05) is 6.42 Å². The van der Waals surface area contributed by atoms with Gasteiger partial charge >= 0.3 is 5.97 Å². The van der Waals surface area contributed by atoms with Crippen molar-refractivity contribution in [3.8, 4) is 0 Å². The van der Waals surface area contributed by atoms with Gasteiger partial charge in [-0.2, -0.15) is 0 Å². The van der Waals surface area contributed by atoms with Crippen molar-refractivity contribution in [3.63, 3.8) is 0 Å². The van der Waals surface area contributed by atoms with Crippen LogP contribution in [0.1, 0.15) is 65.2 Å². The number of carbonyl (C=O) groups excluding carboxylic acids is 1. The van der Waals surface area contributed by atoms with Gasteiger partial charge in [0.05, 0.1) is 19.3 Å². The van der Waals surface area contributed by atoms with Crippen LogP contribution in [0.15, 0.2) is 0 Å². The third-order valence-corrected chi connectivity index (χ3v) is 3.09. The molecule has 0 saturated carbocycles. The molecular weight excluding hydrogens is 272 g/mol. The molecule has 0 aliphatic heterocycles. The molecular formula is C16H32O5. The molecule has 0 saturated heterocycles. The van der Waals surface area contributed by atoms with Crippen LogP contribution in [0.4, 0.5) is 0 Å². The van der Waals surface area contributed by atoms with Gasteiger partial charge in [-0.15, -0.1) is 0 Å². The molecule has 0 bridgehead atoms. The van der Waals surface area contributed by atoms with E-state index >= 15 is 0 Å². The Labute approximate surface area is 128 Å². The average molecular weight is 304 g/mol. The molecule has 0 heterocycles. The summed E-state index contributed by atoms with van der Waals surface area (Å²) < 4.78 is 10.0. The van der Waals surface area contributed by atoms with E-state index in [2.05, 4.69) is 6.92 Å². The second-order valence-electron chi connectivity index (χ2n) is 5.59. The van der Waals surface area contributed by atoms with Crippen molar-refractivity contribution >= 4 is 5.97 Å². The van der Waals surface area contributed by atoms with Crippen molar-refractivity contribution in [1.82, 2.24) is 0 Å². The summed E-state index contributed by atoms with van der Waals surface area (Å²) >= 11 is 0. The molecule has 5 heteroatoms. The zero-order valence-corrected chi connectivity index (χ0v) is 13.6. The molecule has 0 aromatic heterocycles. The van der Waals surface area contributed by atoms with Gasteiger partial charge in [0.2, 0.25) is 0 Å². The number of hydrogen-bond donors (Lipinski definition) is 2. The lowest BCUT2D eigenvalue weighted by molar-refractivity contribution is -0.148. The number of rotatable bonds is 14. The maximum atomic E-state index is 11.5. The minimum Gasteiger partial charge on any atom is -0.463 e. The van der Waals surface area contributed by atoms with Crippen molar-refractivity contribution in [1.29, 1.82) is 0 Å². The van der Waals surface area contributed by atoms with Crippen molar-refractivity contribution in [2.45, 2.75) is 77.4 Å². The smallest absolute Gasteiger partial charge is 0.305 e. The minimum absolute atomic E-state index is 0.0465. The molecule has 0 aromatic carbocycles. The average Bonchev–Trinajstić information content (AvgIpc) is 2.43. The van der Waals surface area contributed by atoms with Gasteiger partial charge < -0.3 is 19.7 Å². The summed E-state index contributed by atoms with van der Waals surface area (Å²) in [5, 5.41) is 18.5.